The minimum Gasteiger partial charge on any atom is -0.381 e. The van der Waals surface area contributed by atoms with Gasteiger partial charge in [-0.05, 0) is 37.8 Å². The lowest BCUT2D eigenvalue weighted by Gasteiger charge is -2.39. The number of amides is 1. The Balaban J connectivity index is 1.34. The summed E-state index contributed by atoms with van der Waals surface area (Å²) in [4.78, 5) is 27.2. The fraction of sp³-hybridized carbons (Fsp3) is 0.520. The number of piperazine rings is 1. The highest BCUT2D eigenvalue weighted by atomic mass is 16.5. The molecule has 33 heavy (non-hydrogen) atoms. The van der Waals surface area contributed by atoms with Crippen LogP contribution in [0.1, 0.15) is 43.8 Å². The Labute approximate surface area is 193 Å². The van der Waals surface area contributed by atoms with Gasteiger partial charge < -0.3 is 14.5 Å². The third-order valence-corrected chi connectivity index (χ3v) is 7.36. The molecule has 2 aliphatic heterocycles. The van der Waals surface area contributed by atoms with Crippen molar-refractivity contribution in [2.24, 2.45) is 5.92 Å². The van der Waals surface area contributed by atoms with E-state index in [9.17, 15) is 4.79 Å². The van der Waals surface area contributed by atoms with E-state index in [1.807, 2.05) is 46.1 Å². The first-order valence-electron chi connectivity index (χ1n) is 12.2. The van der Waals surface area contributed by atoms with Crippen LogP contribution in [0.5, 0.6) is 0 Å². The average Bonchev–Trinajstić information content (AvgIpc) is 3.28. The summed E-state index contributed by atoms with van der Waals surface area (Å²) >= 11 is 0. The number of para-hydroxylation sites is 1. The van der Waals surface area contributed by atoms with Gasteiger partial charge >= 0.3 is 0 Å². The largest absolute Gasteiger partial charge is 0.381 e. The Morgan fingerprint density at radius 2 is 1.70 bits per heavy atom. The van der Waals surface area contributed by atoms with Gasteiger partial charge in [-0.3, -0.25) is 4.79 Å². The lowest BCUT2D eigenvalue weighted by atomic mass is 9.84. The molecule has 3 aliphatic rings. The maximum atomic E-state index is 12.7. The number of hydrogen-bond acceptors (Lipinski definition) is 6. The van der Waals surface area contributed by atoms with E-state index in [1.165, 1.54) is 6.42 Å². The summed E-state index contributed by atoms with van der Waals surface area (Å²) in [6, 6.07) is 10.1. The van der Waals surface area contributed by atoms with E-state index in [1.54, 1.807) is 0 Å². The number of nitrogens with zero attached hydrogens (tertiary/aromatic N) is 6. The highest BCUT2D eigenvalue weighted by molar-refractivity contribution is 5.88. The molecule has 0 bridgehead atoms. The van der Waals surface area contributed by atoms with Gasteiger partial charge in [0.05, 0.1) is 17.3 Å². The molecular weight excluding hydrogens is 416 g/mol. The van der Waals surface area contributed by atoms with Gasteiger partial charge in [0, 0.05) is 51.2 Å². The lowest BCUT2D eigenvalue weighted by Crippen LogP contribution is -2.51. The predicted molar refractivity (Wildman–Crippen MR) is 126 cm³/mol. The van der Waals surface area contributed by atoms with Crippen LogP contribution >= 0.6 is 0 Å². The number of carbonyl (C=O) groups is 1. The summed E-state index contributed by atoms with van der Waals surface area (Å²) in [5.41, 5.74) is 1.84. The number of aromatic nitrogens is 4. The summed E-state index contributed by atoms with van der Waals surface area (Å²) in [5, 5.41) is 5.66. The molecule has 0 spiro atoms. The van der Waals surface area contributed by atoms with Crippen molar-refractivity contribution >= 4 is 22.8 Å². The van der Waals surface area contributed by atoms with Crippen LogP contribution in [0, 0.1) is 5.92 Å². The highest BCUT2D eigenvalue weighted by Crippen LogP contribution is 2.33. The average molecular weight is 447 g/mol. The summed E-state index contributed by atoms with van der Waals surface area (Å²) in [6.07, 6.45) is 7.06. The maximum absolute atomic E-state index is 12.7. The fourth-order valence-electron chi connectivity index (χ4n) is 5.10. The molecule has 4 heterocycles. The van der Waals surface area contributed by atoms with Crippen LogP contribution in [-0.4, -0.2) is 69.9 Å². The lowest BCUT2D eigenvalue weighted by molar-refractivity contribution is -0.138. The first kappa shape index (κ1) is 20.6. The Bertz CT molecular complexity index is 1130. The topological polar surface area (TPSA) is 76.4 Å². The van der Waals surface area contributed by atoms with E-state index in [4.69, 9.17) is 19.8 Å². The number of anilines is 1. The van der Waals surface area contributed by atoms with Crippen molar-refractivity contribution in [3.8, 4) is 5.69 Å². The van der Waals surface area contributed by atoms with Crippen molar-refractivity contribution in [2.45, 2.75) is 38.0 Å². The molecule has 0 atom stereocenters. The Morgan fingerprint density at radius 1 is 0.939 bits per heavy atom. The first-order valence-corrected chi connectivity index (χ1v) is 12.2. The Kier molecular flexibility index (Phi) is 5.46. The molecule has 3 fully saturated rings. The zero-order valence-corrected chi connectivity index (χ0v) is 18.9. The monoisotopic (exact) mass is 446 g/mol. The molecule has 3 aromatic rings. The summed E-state index contributed by atoms with van der Waals surface area (Å²) in [7, 11) is 0. The van der Waals surface area contributed by atoms with Crippen molar-refractivity contribution in [1.82, 2.24) is 24.6 Å². The zero-order valence-electron chi connectivity index (χ0n) is 18.9. The van der Waals surface area contributed by atoms with Gasteiger partial charge in [-0.2, -0.15) is 5.10 Å². The smallest absolute Gasteiger partial charge is 0.225 e. The van der Waals surface area contributed by atoms with Gasteiger partial charge in [-0.1, -0.05) is 24.6 Å². The van der Waals surface area contributed by atoms with Crippen molar-refractivity contribution < 1.29 is 9.53 Å². The second-order valence-electron chi connectivity index (χ2n) is 9.36. The van der Waals surface area contributed by atoms with Gasteiger partial charge in [0.1, 0.15) is 11.6 Å². The molecule has 8 nitrogen and oxygen atoms in total. The van der Waals surface area contributed by atoms with Crippen LogP contribution in [0.4, 0.5) is 5.82 Å². The first-order chi connectivity index (χ1) is 16.3. The Morgan fingerprint density at radius 3 is 2.39 bits per heavy atom. The molecule has 2 saturated heterocycles. The van der Waals surface area contributed by atoms with Gasteiger partial charge in [0.2, 0.25) is 5.91 Å². The molecular formula is C25H30N6O2. The second kappa shape index (κ2) is 8.74. The van der Waals surface area contributed by atoms with Crippen LogP contribution in [0.25, 0.3) is 16.7 Å². The maximum Gasteiger partial charge on any atom is 0.225 e. The van der Waals surface area contributed by atoms with Crippen LogP contribution in [0.15, 0.2) is 36.5 Å². The number of benzene rings is 1. The normalized spacial score (nSPS) is 20.2. The minimum atomic E-state index is 0.256. The van der Waals surface area contributed by atoms with Gasteiger partial charge in [0.15, 0.2) is 5.65 Å². The summed E-state index contributed by atoms with van der Waals surface area (Å²) in [6.45, 7) is 4.58. The predicted octanol–water partition coefficient (Wildman–Crippen LogP) is 3.16. The fourth-order valence-corrected chi connectivity index (χ4v) is 5.10. The molecule has 1 amide bonds. The van der Waals surface area contributed by atoms with E-state index >= 15 is 0 Å². The van der Waals surface area contributed by atoms with Crippen LogP contribution in [0.3, 0.4) is 0 Å². The number of ether oxygens (including phenoxy) is 1. The van der Waals surface area contributed by atoms with Crippen molar-refractivity contribution in [3.63, 3.8) is 0 Å². The number of fused-ring (bicyclic) bond motifs is 1. The number of rotatable bonds is 4. The van der Waals surface area contributed by atoms with Gasteiger partial charge in [-0.15, -0.1) is 0 Å². The SMILES string of the molecule is O=C(C1CCC1)N1CCN(c2nc(C3CCOCC3)nc3c2cnn3-c2ccccc2)CC1. The summed E-state index contributed by atoms with van der Waals surface area (Å²) < 4.78 is 7.50. The Hall–Kier alpha value is -3.00. The molecule has 0 radical (unpaired) electrons. The van der Waals surface area contributed by atoms with Crippen molar-refractivity contribution in [2.75, 3.05) is 44.3 Å². The molecule has 1 saturated carbocycles. The highest BCUT2D eigenvalue weighted by Gasteiger charge is 2.32. The third kappa shape index (κ3) is 3.86. The van der Waals surface area contributed by atoms with E-state index in [2.05, 4.69) is 4.90 Å². The quantitative estimate of drug-likeness (QED) is 0.613. The van der Waals surface area contributed by atoms with E-state index in [0.717, 1.165) is 93.4 Å². The molecule has 6 rings (SSSR count). The van der Waals surface area contributed by atoms with Gasteiger partial charge in [-0.25, -0.2) is 14.6 Å². The second-order valence-corrected chi connectivity index (χ2v) is 9.36. The van der Waals surface area contributed by atoms with Crippen LogP contribution < -0.4 is 4.90 Å². The van der Waals surface area contributed by atoms with Gasteiger partial charge in [0.25, 0.3) is 0 Å². The molecule has 0 N–H and O–H groups in total. The minimum absolute atomic E-state index is 0.256. The van der Waals surface area contributed by atoms with Crippen LogP contribution in [0.2, 0.25) is 0 Å². The third-order valence-electron chi connectivity index (χ3n) is 7.36. The number of carbonyl (C=O) groups excluding carboxylic acids is 1. The van der Waals surface area contributed by atoms with E-state index in [0.29, 0.717) is 11.8 Å². The molecule has 1 aromatic carbocycles. The summed E-state index contributed by atoms with van der Waals surface area (Å²) in [5.74, 6) is 2.72. The van der Waals surface area contributed by atoms with E-state index in [-0.39, 0.29) is 5.92 Å². The molecule has 8 heteroatoms. The zero-order chi connectivity index (χ0) is 22.2. The van der Waals surface area contributed by atoms with Crippen molar-refractivity contribution in [1.29, 1.82) is 0 Å². The van der Waals surface area contributed by atoms with E-state index < -0.39 is 0 Å². The number of hydrogen-bond donors (Lipinski definition) is 0. The van der Waals surface area contributed by atoms with Crippen molar-refractivity contribution in [3.05, 3.63) is 42.4 Å². The molecule has 2 aromatic heterocycles. The molecule has 0 unspecified atom stereocenters. The molecule has 172 valence electrons. The standard InChI is InChI=1S/C25H30N6O2/c32-25(19-5-4-6-19)30-13-11-29(12-14-30)23-21-17-26-31(20-7-2-1-3-8-20)24(21)28-22(27-23)18-9-15-33-16-10-18/h1-3,7-8,17-19H,4-6,9-16H2. The molecule has 1 aliphatic carbocycles. The van der Waals surface area contributed by atoms with Crippen LogP contribution in [-0.2, 0) is 9.53 Å².